The summed E-state index contributed by atoms with van der Waals surface area (Å²) in [4.78, 5) is 0. The molecule has 1 rings (SSSR count). The highest BCUT2D eigenvalue weighted by atomic mass is 32.2. The highest BCUT2D eigenvalue weighted by Crippen LogP contribution is 2.30. The Balaban J connectivity index is 2.62. The molecule has 0 radical (unpaired) electrons. The van der Waals surface area contributed by atoms with Gasteiger partial charge in [0, 0.05) is 0 Å². The molecule has 1 aliphatic rings. The van der Waals surface area contributed by atoms with Gasteiger partial charge < -0.3 is 15.3 Å². The standard InChI is InChI=1S/C8H17NO5S/c10-4-8(5-11,6-12)9-15(13,14)3-7-1-2-7/h7,9-12H,1-6H2. The number of aliphatic hydroxyl groups excluding tert-OH is 3. The normalized spacial score (nSPS) is 18.1. The molecule has 0 aromatic heterocycles. The van der Waals surface area contributed by atoms with Gasteiger partial charge in [-0.15, -0.1) is 0 Å². The number of rotatable bonds is 7. The van der Waals surface area contributed by atoms with Crippen LogP contribution in [0.15, 0.2) is 0 Å². The zero-order valence-corrected chi connectivity index (χ0v) is 9.20. The molecule has 0 spiro atoms. The van der Waals surface area contributed by atoms with E-state index in [9.17, 15) is 8.42 Å². The van der Waals surface area contributed by atoms with E-state index < -0.39 is 35.4 Å². The number of hydrogen-bond donors (Lipinski definition) is 4. The van der Waals surface area contributed by atoms with Crippen LogP contribution in [0.1, 0.15) is 12.8 Å². The largest absolute Gasteiger partial charge is 0.394 e. The predicted octanol–water partition coefficient (Wildman–Crippen LogP) is -1.97. The van der Waals surface area contributed by atoms with Crippen LogP contribution >= 0.6 is 0 Å². The van der Waals surface area contributed by atoms with Gasteiger partial charge in [-0.3, -0.25) is 0 Å². The van der Waals surface area contributed by atoms with Gasteiger partial charge in [-0.05, 0) is 18.8 Å². The smallest absolute Gasteiger partial charge is 0.212 e. The number of sulfonamides is 1. The van der Waals surface area contributed by atoms with E-state index in [1.54, 1.807) is 0 Å². The van der Waals surface area contributed by atoms with E-state index in [1.165, 1.54) is 0 Å². The topological polar surface area (TPSA) is 107 Å². The van der Waals surface area contributed by atoms with Crippen LogP contribution in [-0.2, 0) is 10.0 Å². The van der Waals surface area contributed by atoms with Gasteiger partial charge in [-0.2, -0.15) is 0 Å². The first-order chi connectivity index (χ1) is 6.97. The summed E-state index contributed by atoms with van der Waals surface area (Å²) in [5, 5.41) is 26.8. The van der Waals surface area contributed by atoms with Crippen molar-refractivity contribution in [2.45, 2.75) is 18.4 Å². The second-order valence-electron chi connectivity index (χ2n) is 4.08. The summed E-state index contributed by atoms with van der Waals surface area (Å²) in [6.45, 7) is -1.91. The van der Waals surface area contributed by atoms with Crippen molar-refractivity contribution < 1.29 is 23.7 Å². The lowest BCUT2D eigenvalue weighted by Crippen LogP contribution is -2.57. The molecule has 0 amide bonds. The highest BCUT2D eigenvalue weighted by Gasteiger charge is 2.36. The van der Waals surface area contributed by atoms with Crippen LogP contribution in [0.25, 0.3) is 0 Å². The van der Waals surface area contributed by atoms with Crippen molar-refractivity contribution in [3.8, 4) is 0 Å². The second-order valence-corrected chi connectivity index (χ2v) is 5.85. The molecule has 0 heterocycles. The second kappa shape index (κ2) is 4.75. The first kappa shape index (κ1) is 12.9. The Morgan fingerprint density at radius 1 is 1.13 bits per heavy atom. The van der Waals surface area contributed by atoms with Crippen LogP contribution in [0.3, 0.4) is 0 Å². The molecule has 0 bridgehead atoms. The average molecular weight is 239 g/mol. The number of hydrogen-bond acceptors (Lipinski definition) is 5. The van der Waals surface area contributed by atoms with Gasteiger partial charge in [0.15, 0.2) is 0 Å². The Morgan fingerprint density at radius 3 is 1.93 bits per heavy atom. The minimum absolute atomic E-state index is 0.00521. The maximum Gasteiger partial charge on any atom is 0.212 e. The van der Waals surface area contributed by atoms with Crippen molar-refractivity contribution in [3.05, 3.63) is 0 Å². The Hall–Kier alpha value is -0.210. The lowest BCUT2D eigenvalue weighted by atomic mass is 10.1. The first-order valence-electron chi connectivity index (χ1n) is 4.81. The lowest BCUT2D eigenvalue weighted by Gasteiger charge is -2.28. The summed E-state index contributed by atoms with van der Waals surface area (Å²) in [5.74, 6) is 0.172. The quantitative estimate of drug-likeness (QED) is 0.412. The summed E-state index contributed by atoms with van der Waals surface area (Å²) < 4.78 is 25.2. The van der Waals surface area contributed by atoms with E-state index in [2.05, 4.69) is 4.72 Å². The SMILES string of the molecule is O=S(=O)(CC1CC1)NC(CO)(CO)CO. The van der Waals surface area contributed by atoms with Crippen LogP contribution < -0.4 is 4.72 Å². The molecule has 6 nitrogen and oxygen atoms in total. The van der Waals surface area contributed by atoms with Crippen molar-refractivity contribution in [1.82, 2.24) is 4.72 Å². The zero-order chi connectivity index (χ0) is 11.5. The van der Waals surface area contributed by atoms with Crippen LogP contribution in [0, 0.1) is 5.92 Å². The third kappa shape index (κ3) is 3.69. The molecule has 0 aromatic carbocycles. The first-order valence-corrected chi connectivity index (χ1v) is 6.46. The Bertz CT molecular complexity index is 286. The van der Waals surface area contributed by atoms with Crippen LogP contribution in [0.5, 0.6) is 0 Å². The van der Waals surface area contributed by atoms with Gasteiger partial charge >= 0.3 is 0 Å². The van der Waals surface area contributed by atoms with Gasteiger partial charge in [0.05, 0.1) is 25.6 Å². The van der Waals surface area contributed by atoms with E-state index >= 15 is 0 Å². The number of nitrogens with one attached hydrogen (secondary N) is 1. The summed E-state index contributed by atoms with van der Waals surface area (Å²) in [6, 6.07) is 0. The lowest BCUT2D eigenvalue weighted by molar-refractivity contribution is 0.0581. The van der Waals surface area contributed by atoms with Crippen molar-refractivity contribution >= 4 is 10.0 Å². The average Bonchev–Trinajstić information content (AvgIpc) is 2.97. The van der Waals surface area contributed by atoms with Crippen LogP contribution in [-0.4, -0.2) is 54.8 Å². The van der Waals surface area contributed by atoms with Crippen molar-refractivity contribution in [1.29, 1.82) is 0 Å². The third-order valence-corrected chi connectivity index (χ3v) is 4.09. The van der Waals surface area contributed by atoms with E-state index in [-0.39, 0.29) is 11.7 Å². The Kier molecular flexibility index (Phi) is 4.07. The van der Waals surface area contributed by atoms with Gasteiger partial charge in [-0.25, -0.2) is 13.1 Å². The fraction of sp³-hybridized carbons (Fsp3) is 1.00. The molecule has 1 aliphatic carbocycles. The van der Waals surface area contributed by atoms with E-state index in [1.807, 2.05) is 0 Å². The van der Waals surface area contributed by atoms with Gasteiger partial charge in [-0.1, -0.05) is 0 Å². The molecule has 90 valence electrons. The maximum absolute atomic E-state index is 11.5. The van der Waals surface area contributed by atoms with Crippen molar-refractivity contribution in [2.75, 3.05) is 25.6 Å². The van der Waals surface area contributed by atoms with E-state index in [4.69, 9.17) is 15.3 Å². The monoisotopic (exact) mass is 239 g/mol. The summed E-state index contributed by atoms with van der Waals surface area (Å²) in [6.07, 6.45) is 1.79. The molecule has 1 fully saturated rings. The van der Waals surface area contributed by atoms with Gasteiger partial charge in [0.2, 0.25) is 10.0 Å². The third-order valence-electron chi connectivity index (χ3n) is 2.43. The molecular weight excluding hydrogens is 222 g/mol. The summed E-state index contributed by atoms with van der Waals surface area (Å²) in [7, 11) is -3.54. The zero-order valence-electron chi connectivity index (χ0n) is 8.39. The van der Waals surface area contributed by atoms with Crippen LogP contribution in [0.2, 0.25) is 0 Å². The van der Waals surface area contributed by atoms with Crippen LogP contribution in [0.4, 0.5) is 0 Å². The molecule has 7 heteroatoms. The van der Waals surface area contributed by atoms with Crippen molar-refractivity contribution in [3.63, 3.8) is 0 Å². The molecule has 0 aromatic rings. The predicted molar refractivity (Wildman–Crippen MR) is 53.6 cm³/mol. The molecule has 1 saturated carbocycles. The molecule has 4 N–H and O–H groups in total. The van der Waals surface area contributed by atoms with E-state index in [0.717, 1.165) is 12.8 Å². The van der Waals surface area contributed by atoms with Gasteiger partial charge in [0.1, 0.15) is 5.54 Å². The fourth-order valence-electron chi connectivity index (χ4n) is 1.21. The summed E-state index contributed by atoms with van der Waals surface area (Å²) in [5.41, 5.74) is -1.55. The molecule has 0 saturated heterocycles. The Morgan fingerprint density at radius 2 is 1.60 bits per heavy atom. The minimum Gasteiger partial charge on any atom is -0.394 e. The molecule has 15 heavy (non-hydrogen) atoms. The van der Waals surface area contributed by atoms with Crippen molar-refractivity contribution in [2.24, 2.45) is 5.92 Å². The molecular formula is C8H17NO5S. The summed E-state index contributed by atoms with van der Waals surface area (Å²) >= 11 is 0. The molecule has 0 aliphatic heterocycles. The maximum atomic E-state index is 11.5. The molecule has 0 unspecified atom stereocenters. The fourth-order valence-corrected chi connectivity index (χ4v) is 3.10. The number of aliphatic hydroxyl groups is 3. The van der Waals surface area contributed by atoms with Gasteiger partial charge in [0.25, 0.3) is 0 Å². The van der Waals surface area contributed by atoms with E-state index in [0.29, 0.717) is 0 Å². The molecule has 0 atom stereocenters. The minimum atomic E-state index is -3.54. The highest BCUT2D eigenvalue weighted by molar-refractivity contribution is 7.89. The Labute approximate surface area is 89.0 Å².